The molecule has 0 saturated carbocycles. The van der Waals surface area contributed by atoms with Crippen LogP contribution in [-0.4, -0.2) is 37.6 Å². The molecule has 0 aliphatic rings. The van der Waals surface area contributed by atoms with Crippen molar-refractivity contribution >= 4 is 29.5 Å². The van der Waals surface area contributed by atoms with Crippen LogP contribution in [-0.2, 0) is 4.79 Å². The highest BCUT2D eigenvalue weighted by Gasteiger charge is 2.09. The van der Waals surface area contributed by atoms with Crippen LogP contribution in [0.1, 0.15) is 30.6 Å². The van der Waals surface area contributed by atoms with E-state index in [1.54, 1.807) is 12.1 Å². The largest absolute Gasteiger partial charge is 0.493 e. The lowest BCUT2D eigenvalue weighted by atomic mass is 10.1. The summed E-state index contributed by atoms with van der Waals surface area (Å²) >= 11 is 5.04. The second-order valence-corrected chi connectivity index (χ2v) is 5.84. The van der Waals surface area contributed by atoms with Crippen LogP contribution in [0.4, 0.5) is 0 Å². The molecular weight excluding hydrogens is 330 g/mol. The molecule has 0 fully saturated rings. The number of aldehydes is 1. The molecule has 1 aromatic rings. The van der Waals surface area contributed by atoms with Gasteiger partial charge in [0.1, 0.15) is 6.29 Å². The Kier molecular flexibility index (Phi) is 8.56. The van der Waals surface area contributed by atoms with Crippen LogP contribution in [0.5, 0.6) is 11.5 Å². The fourth-order valence-corrected chi connectivity index (χ4v) is 1.85. The first-order valence-corrected chi connectivity index (χ1v) is 7.95. The zero-order valence-corrected chi connectivity index (χ0v) is 14.9. The Balaban J connectivity index is 2.36. The van der Waals surface area contributed by atoms with Gasteiger partial charge in [-0.05, 0) is 42.8 Å². The van der Waals surface area contributed by atoms with E-state index in [9.17, 15) is 9.59 Å². The van der Waals surface area contributed by atoms with Crippen molar-refractivity contribution in [3.8, 4) is 11.5 Å². The Morgan fingerprint density at radius 2 is 2.04 bits per heavy atom. The maximum Gasteiger partial charge on any atom is 0.276 e. The lowest BCUT2D eigenvalue weighted by molar-refractivity contribution is -0.123. The Labute approximate surface area is 147 Å². The van der Waals surface area contributed by atoms with Crippen molar-refractivity contribution in [2.45, 2.75) is 20.3 Å². The van der Waals surface area contributed by atoms with E-state index in [4.69, 9.17) is 21.7 Å². The van der Waals surface area contributed by atoms with Crippen molar-refractivity contribution in [3.63, 3.8) is 0 Å². The van der Waals surface area contributed by atoms with Crippen molar-refractivity contribution in [2.75, 3.05) is 20.3 Å². The fraction of sp³-hybridized carbons (Fsp3) is 0.438. The first kappa shape index (κ1) is 19.7. The Morgan fingerprint density at radius 1 is 1.29 bits per heavy atom. The Morgan fingerprint density at radius 3 is 2.67 bits per heavy atom. The summed E-state index contributed by atoms with van der Waals surface area (Å²) in [5.41, 5.74) is 5.50. The minimum atomic E-state index is -0.399. The SMILES string of the molecule is COc1cc(C=O)ccc1OCC(=O)NNC(=S)NCCC(C)C. The van der Waals surface area contributed by atoms with Crippen LogP contribution >= 0.6 is 12.2 Å². The molecule has 0 spiro atoms. The number of carbonyl (C=O) groups is 2. The normalized spacial score (nSPS) is 10.0. The number of hydrogen-bond donors (Lipinski definition) is 3. The minimum absolute atomic E-state index is 0.224. The molecule has 0 unspecified atom stereocenters. The predicted octanol–water partition coefficient (Wildman–Crippen LogP) is 1.43. The van der Waals surface area contributed by atoms with Crippen LogP contribution in [0.15, 0.2) is 18.2 Å². The average molecular weight is 353 g/mol. The number of thiocarbonyl (C=S) groups is 1. The van der Waals surface area contributed by atoms with Gasteiger partial charge in [-0.3, -0.25) is 20.4 Å². The molecule has 0 aliphatic carbocycles. The summed E-state index contributed by atoms with van der Waals surface area (Å²) in [5.74, 6) is 0.926. The van der Waals surface area contributed by atoms with Gasteiger partial charge in [-0.1, -0.05) is 13.8 Å². The second-order valence-electron chi connectivity index (χ2n) is 5.43. The van der Waals surface area contributed by atoms with E-state index in [0.29, 0.717) is 34.4 Å². The molecule has 0 heterocycles. The number of ether oxygens (including phenoxy) is 2. The van der Waals surface area contributed by atoms with Gasteiger partial charge in [-0.25, -0.2) is 0 Å². The molecule has 1 amide bonds. The smallest absolute Gasteiger partial charge is 0.276 e. The molecule has 132 valence electrons. The van der Waals surface area contributed by atoms with Crippen molar-refractivity contribution in [3.05, 3.63) is 23.8 Å². The van der Waals surface area contributed by atoms with Crippen LogP contribution in [0.2, 0.25) is 0 Å². The third-order valence-electron chi connectivity index (χ3n) is 3.01. The molecule has 1 rings (SSSR count). The number of carbonyl (C=O) groups excluding carboxylic acids is 2. The molecule has 0 radical (unpaired) electrons. The molecule has 0 bridgehead atoms. The quantitative estimate of drug-likeness (QED) is 0.370. The van der Waals surface area contributed by atoms with Gasteiger partial charge in [0.25, 0.3) is 5.91 Å². The second kappa shape index (κ2) is 10.4. The standard InChI is InChI=1S/C16H23N3O4S/c1-11(2)6-7-17-16(24)19-18-15(21)10-23-13-5-4-12(9-20)8-14(13)22-3/h4-5,8-9,11H,6-7,10H2,1-3H3,(H,18,21)(H2,17,19,24). The summed E-state index contributed by atoms with van der Waals surface area (Å²) in [4.78, 5) is 22.5. The molecule has 1 aromatic carbocycles. The summed E-state index contributed by atoms with van der Waals surface area (Å²) in [5, 5.41) is 3.33. The van der Waals surface area contributed by atoms with E-state index in [1.165, 1.54) is 13.2 Å². The number of hydrogen-bond acceptors (Lipinski definition) is 5. The summed E-state index contributed by atoms with van der Waals surface area (Å²) in [6.45, 7) is 4.74. The first-order chi connectivity index (χ1) is 11.5. The van der Waals surface area contributed by atoms with E-state index < -0.39 is 5.91 Å². The molecule has 8 heteroatoms. The van der Waals surface area contributed by atoms with Gasteiger partial charge in [0, 0.05) is 12.1 Å². The maximum absolute atomic E-state index is 11.7. The van der Waals surface area contributed by atoms with Crippen LogP contribution in [0.25, 0.3) is 0 Å². The summed E-state index contributed by atoms with van der Waals surface area (Å²) in [6.07, 6.45) is 1.69. The Bertz CT molecular complexity index is 578. The number of amides is 1. The zero-order valence-electron chi connectivity index (χ0n) is 14.0. The highest BCUT2D eigenvalue weighted by Crippen LogP contribution is 2.27. The maximum atomic E-state index is 11.7. The fourth-order valence-electron chi connectivity index (χ4n) is 1.70. The third kappa shape index (κ3) is 7.28. The molecular formula is C16H23N3O4S. The van der Waals surface area contributed by atoms with Gasteiger partial charge in [-0.15, -0.1) is 0 Å². The van der Waals surface area contributed by atoms with Gasteiger partial charge >= 0.3 is 0 Å². The molecule has 0 atom stereocenters. The monoisotopic (exact) mass is 353 g/mol. The van der Waals surface area contributed by atoms with E-state index in [0.717, 1.165) is 13.0 Å². The van der Waals surface area contributed by atoms with Crippen molar-refractivity contribution < 1.29 is 19.1 Å². The highest BCUT2D eigenvalue weighted by molar-refractivity contribution is 7.80. The number of benzene rings is 1. The minimum Gasteiger partial charge on any atom is -0.493 e. The first-order valence-electron chi connectivity index (χ1n) is 7.55. The van der Waals surface area contributed by atoms with E-state index >= 15 is 0 Å². The van der Waals surface area contributed by atoms with Crippen LogP contribution in [0, 0.1) is 5.92 Å². The number of nitrogens with one attached hydrogen (secondary N) is 3. The highest BCUT2D eigenvalue weighted by atomic mass is 32.1. The van der Waals surface area contributed by atoms with Gasteiger partial charge < -0.3 is 14.8 Å². The number of methoxy groups -OCH3 is 1. The lowest BCUT2D eigenvalue weighted by Crippen LogP contribution is -2.48. The van der Waals surface area contributed by atoms with Crippen LogP contribution < -0.4 is 25.6 Å². The number of hydrazine groups is 1. The average Bonchev–Trinajstić information content (AvgIpc) is 2.57. The molecule has 0 saturated heterocycles. The Hall–Kier alpha value is -2.35. The van der Waals surface area contributed by atoms with Gasteiger partial charge in [-0.2, -0.15) is 0 Å². The van der Waals surface area contributed by atoms with Crippen LogP contribution in [0.3, 0.4) is 0 Å². The van der Waals surface area contributed by atoms with E-state index in [2.05, 4.69) is 30.0 Å². The topological polar surface area (TPSA) is 88.7 Å². The van der Waals surface area contributed by atoms with Crippen molar-refractivity contribution in [2.24, 2.45) is 5.92 Å². The molecule has 3 N–H and O–H groups in total. The van der Waals surface area contributed by atoms with E-state index in [-0.39, 0.29) is 6.61 Å². The zero-order chi connectivity index (χ0) is 17.9. The summed E-state index contributed by atoms with van der Waals surface area (Å²) in [6, 6.07) is 4.68. The summed E-state index contributed by atoms with van der Waals surface area (Å²) in [7, 11) is 1.46. The lowest BCUT2D eigenvalue weighted by Gasteiger charge is -2.13. The van der Waals surface area contributed by atoms with Crippen molar-refractivity contribution in [1.29, 1.82) is 0 Å². The summed E-state index contributed by atoms with van der Waals surface area (Å²) < 4.78 is 10.5. The van der Waals surface area contributed by atoms with Crippen molar-refractivity contribution in [1.82, 2.24) is 16.2 Å². The predicted molar refractivity (Wildman–Crippen MR) is 95.2 cm³/mol. The number of rotatable bonds is 8. The van der Waals surface area contributed by atoms with E-state index in [1.807, 2.05) is 0 Å². The molecule has 24 heavy (non-hydrogen) atoms. The van der Waals surface area contributed by atoms with Gasteiger partial charge in [0.15, 0.2) is 23.2 Å². The van der Waals surface area contributed by atoms with Gasteiger partial charge in [0.2, 0.25) is 0 Å². The molecule has 0 aromatic heterocycles. The molecule has 7 nitrogen and oxygen atoms in total. The third-order valence-corrected chi connectivity index (χ3v) is 3.25. The van der Waals surface area contributed by atoms with Gasteiger partial charge in [0.05, 0.1) is 7.11 Å². The molecule has 0 aliphatic heterocycles.